The van der Waals surface area contributed by atoms with Crippen LogP contribution in [0.15, 0.2) is 52.3 Å². The molecule has 0 radical (unpaired) electrons. The number of nitrogen functional groups attached to an aromatic ring is 1. The van der Waals surface area contributed by atoms with Crippen LogP contribution in [0.2, 0.25) is 0 Å². The molecule has 0 atom stereocenters. The van der Waals surface area contributed by atoms with Gasteiger partial charge in [-0.05, 0) is 37.6 Å². The summed E-state index contributed by atoms with van der Waals surface area (Å²) in [5.74, 6) is -1.43. The number of rotatable bonds is 8. The van der Waals surface area contributed by atoms with E-state index in [1.165, 1.54) is 18.3 Å². The summed E-state index contributed by atoms with van der Waals surface area (Å²) in [6.07, 6.45) is 1.29. The number of sulfonamides is 1. The lowest BCUT2D eigenvalue weighted by Gasteiger charge is -2.14. The number of benzene rings is 1. The van der Waals surface area contributed by atoms with Gasteiger partial charge in [0.25, 0.3) is 15.6 Å². The van der Waals surface area contributed by atoms with E-state index in [-0.39, 0.29) is 18.9 Å². The van der Waals surface area contributed by atoms with Crippen LogP contribution in [-0.2, 0) is 27.9 Å². The number of carbonyl (C=O) groups excluding carboxylic acids is 1. The maximum atomic E-state index is 13.8. The molecule has 0 bridgehead atoms. The fourth-order valence-electron chi connectivity index (χ4n) is 2.88. The molecule has 0 saturated carbocycles. The smallest absolute Gasteiger partial charge is 0.295 e. The largest absolute Gasteiger partial charge is 0.384 e. The van der Waals surface area contributed by atoms with Crippen LogP contribution in [0.1, 0.15) is 17.0 Å². The number of nitrogens with zero attached hydrogens (tertiary/aromatic N) is 3. The lowest BCUT2D eigenvalue weighted by atomic mass is 10.2. The molecule has 0 saturated heterocycles. The van der Waals surface area contributed by atoms with Gasteiger partial charge in [-0.15, -0.1) is 4.83 Å². The molecule has 33 heavy (non-hydrogen) atoms. The fraction of sp³-hybridized carbons (Fsp3) is 0.200. The second kappa shape index (κ2) is 9.75. The maximum absolute atomic E-state index is 13.8. The highest BCUT2D eigenvalue weighted by atomic mass is 32.2. The number of hydrogen-bond donors (Lipinski definition) is 4. The Morgan fingerprint density at radius 1 is 1.18 bits per heavy atom. The molecular formula is C20H22FN7O4S. The predicted molar refractivity (Wildman–Crippen MR) is 119 cm³/mol. The summed E-state index contributed by atoms with van der Waals surface area (Å²) in [4.78, 5) is 34.4. The average molecular weight is 476 g/mol. The molecule has 1 aromatic carbocycles. The number of nitrogens with one attached hydrogen (secondary N) is 3. The number of hydrazine groups is 1. The van der Waals surface area contributed by atoms with E-state index < -0.39 is 32.2 Å². The third-order valence-electron chi connectivity index (χ3n) is 4.68. The number of carbonyl (C=O) groups is 1. The number of aryl methyl sites for hydroxylation is 2. The minimum absolute atomic E-state index is 0.185. The molecule has 0 fully saturated rings. The highest BCUT2D eigenvalue weighted by Gasteiger charge is 2.19. The van der Waals surface area contributed by atoms with Gasteiger partial charge in [0.15, 0.2) is 0 Å². The van der Waals surface area contributed by atoms with E-state index >= 15 is 0 Å². The number of anilines is 2. The van der Waals surface area contributed by atoms with E-state index in [9.17, 15) is 22.4 Å². The highest BCUT2D eigenvalue weighted by molar-refractivity contribution is 7.89. The molecule has 0 spiro atoms. The fourth-order valence-corrected chi connectivity index (χ4v) is 3.80. The number of hydrogen-bond acceptors (Lipinski definition) is 8. The Morgan fingerprint density at radius 3 is 2.61 bits per heavy atom. The molecule has 0 aliphatic carbocycles. The van der Waals surface area contributed by atoms with Gasteiger partial charge in [-0.2, -0.15) is 0 Å². The molecule has 3 aromatic rings. The topological polar surface area (TPSA) is 161 Å². The zero-order chi connectivity index (χ0) is 24.2. The molecule has 11 nitrogen and oxygen atoms in total. The first-order valence-electron chi connectivity index (χ1n) is 9.66. The molecule has 0 aliphatic rings. The molecule has 5 N–H and O–H groups in total. The molecular weight excluding hydrogens is 453 g/mol. The number of amides is 1. The van der Waals surface area contributed by atoms with Gasteiger partial charge in [-0.25, -0.2) is 22.8 Å². The van der Waals surface area contributed by atoms with Crippen molar-refractivity contribution in [2.24, 2.45) is 0 Å². The van der Waals surface area contributed by atoms with E-state index in [1.807, 2.05) is 4.83 Å². The van der Waals surface area contributed by atoms with Crippen LogP contribution in [0.4, 0.5) is 16.0 Å². The summed E-state index contributed by atoms with van der Waals surface area (Å²) in [5, 5.41) is 2.69. The van der Waals surface area contributed by atoms with Gasteiger partial charge in [0, 0.05) is 24.1 Å². The zero-order valence-electron chi connectivity index (χ0n) is 17.8. The molecule has 0 unspecified atom stereocenters. The maximum Gasteiger partial charge on any atom is 0.295 e. The van der Waals surface area contributed by atoms with Crippen LogP contribution < -0.4 is 26.9 Å². The Morgan fingerprint density at radius 2 is 1.91 bits per heavy atom. The number of aromatic nitrogens is 3. The summed E-state index contributed by atoms with van der Waals surface area (Å²) in [5.41, 5.74) is 8.87. The lowest BCUT2D eigenvalue weighted by Crippen LogP contribution is -2.38. The van der Waals surface area contributed by atoms with E-state index in [0.29, 0.717) is 17.2 Å². The molecule has 1 amide bonds. The van der Waals surface area contributed by atoms with Gasteiger partial charge in [-0.1, -0.05) is 18.2 Å². The normalized spacial score (nSPS) is 11.2. The van der Waals surface area contributed by atoms with Crippen molar-refractivity contribution in [3.8, 4) is 0 Å². The molecule has 13 heteroatoms. The van der Waals surface area contributed by atoms with Crippen molar-refractivity contribution in [1.29, 1.82) is 0 Å². The third kappa shape index (κ3) is 5.70. The number of nitrogens with two attached hydrogens (primary N) is 1. The molecule has 174 valence electrons. The van der Waals surface area contributed by atoms with Crippen LogP contribution in [0, 0.1) is 19.7 Å². The van der Waals surface area contributed by atoms with Crippen molar-refractivity contribution in [3.05, 3.63) is 75.7 Å². The summed E-state index contributed by atoms with van der Waals surface area (Å²) >= 11 is 0. The quantitative estimate of drug-likeness (QED) is 0.344. The summed E-state index contributed by atoms with van der Waals surface area (Å²) in [6, 6.07) is 8.13. The van der Waals surface area contributed by atoms with E-state index in [0.717, 1.165) is 22.3 Å². The SMILES string of the molecule is Cc1nc(N)ccc1CNC(=O)Cn1c(C)cnc(NNS(=O)(=O)c2ccccc2F)c1=O. The Balaban J connectivity index is 1.71. The second-order valence-electron chi connectivity index (χ2n) is 7.06. The van der Waals surface area contributed by atoms with Crippen LogP contribution in [0.3, 0.4) is 0 Å². The minimum atomic E-state index is -4.32. The van der Waals surface area contributed by atoms with Crippen molar-refractivity contribution in [1.82, 2.24) is 24.7 Å². The van der Waals surface area contributed by atoms with Crippen molar-refractivity contribution < 1.29 is 17.6 Å². The predicted octanol–water partition coefficient (Wildman–Crippen LogP) is 0.598. The van der Waals surface area contributed by atoms with Crippen molar-refractivity contribution in [3.63, 3.8) is 0 Å². The van der Waals surface area contributed by atoms with Crippen molar-refractivity contribution in [2.75, 3.05) is 11.2 Å². The summed E-state index contributed by atoms with van der Waals surface area (Å²) in [6.45, 7) is 3.19. The Labute approximate surface area is 188 Å². The van der Waals surface area contributed by atoms with E-state index in [2.05, 4.69) is 20.7 Å². The van der Waals surface area contributed by atoms with Gasteiger partial charge in [0.2, 0.25) is 11.7 Å². The first-order valence-corrected chi connectivity index (χ1v) is 11.1. The van der Waals surface area contributed by atoms with Crippen LogP contribution in [0.5, 0.6) is 0 Å². The molecule has 2 aromatic heterocycles. The van der Waals surface area contributed by atoms with Crippen LogP contribution in [-0.4, -0.2) is 28.9 Å². The van der Waals surface area contributed by atoms with Crippen LogP contribution >= 0.6 is 0 Å². The molecule has 2 heterocycles. The Hall–Kier alpha value is -3.84. The van der Waals surface area contributed by atoms with Gasteiger partial charge in [-0.3, -0.25) is 19.6 Å². The van der Waals surface area contributed by atoms with Gasteiger partial charge in [0.05, 0.1) is 0 Å². The highest BCUT2D eigenvalue weighted by Crippen LogP contribution is 2.13. The number of pyridine rings is 1. The van der Waals surface area contributed by atoms with Gasteiger partial charge in [0.1, 0.15) is 23.1 Å². The van der Waals surface area contributed by atoms with E-state index in [1.54, 1.807) is 26.0 Å². The Kier molecular flexibility index (Phi) is 7.04. The lowest BCUT2D eigenvalue weighted by molar-refractivity contribution is -0.121. The summed E-state index contributed by atoms with van der Waals surface area (Å²) < 4.78 is 39.5. The number of halogens is 1. The summed E-state index contributed by atoms with van der Waals surface area (Å²) in [7, 11) is -4.32. The van der Waals surface area contributed by atoms with Gasteiger partial charge < -0.3 is 11.1 Å². The van der Waals surface area contributed by atoms with Crippen LogP contribution in [0.25, 0.3) is 0 Å². The molecule has 3 rings (SSSR count). The Bertz CT molecular complexity index is 1360. The first-order chi connectivity index (χ1) is 15.6. The third-order valence-corrected chi connectivity index (χ3v) is 5.96. The standard InChI is InChI=1S/C20H22FN7O4S/c1-12-9-24-19(26-27-33(31,32)16-6-4-3-5-15(16)21)20(30)28(12)11-18(29)23-10-14-7-8-17(22)25-13(14)2/h3-9,27H,10-11H2,1-2H3,(H2,22,25)(H,23,29)(H,24,26). The van der Waals surface area contributed by atoms with E-state index in [4.69, 9.17) is 5.73 Å². The zero-order valence-corrected chi connectivity index (χ0v) is 18.6. The van der Waals surface area contributed by atoms with Crippen molar-refractivity contribution >= 4 is 27.6 Å². The minimum Gasteiger partial charge on any atom is -0.384 e. The van der Waals surface area contributed by atoms with Gasteiger partial charge >= 0.3 is 0 Å². The average Bonchev–Trinajstić information content (AvgIpc) is 2.75. The first kappa shape index (κ1) is 23.8. The van der Waals surface area contributed by atoms with Crippen molar-refractivity contribution in [2.45, 2.75) is 31.8 Å². The second-order valence-corrected chi connectivity index (χ2v) is 8.71. The molecule has 0 aliphatic heterocycles. The monoisotopic (exact) mass is 475 g/mol.